The Balaban J connectivity index is 2.46. The second-order valence-electron chi connectivity index (χ2n) is 3.47. The molecule has 0 aliphatic carbocycles. The van der Waals surface area contributed by atoms with E-state index in [1.807, 2.05) is 12.1 Å². The zero-order valence-corrected chi connectivity index (χ0v) is 12.8. The van der Waals surface area contributed by atoms with E-state index in [2.05, 4.69) is 31.9 Å². The van der Waals surface area contributed by atoms with Gasteiger partial charge in [0, 0.05) is 4.47 Å². The Hall–Kier alpha value is -0.850. The molecule has 1 rings (SSSR count). The molecule has 0 radical (unpaired) electrons. The van der Waals surface area contributed by atoms with Crippen LogP contribution in [0.2, 0.25) is 0 Å². The standard InChI is InChI=1S/C12H12Br2O4/c1-8(15)7-18-12(16)4-5-17-11-3-2-9(13)6-10(11)14/h2-6,8,15H,7H2,1H3/b5-4+. The van der Waals surface area contributed by atoms with Crippen LogP contribution >= 0.6 is 31.9 Å². The second-order valence-corrected chi connectivity index (χ2v) is 5.24. The molecule has 0 aliphatic rings. The molecule has 6 heteroatoms. The summed E-state index contributed by atoms with van der Waals surface area (Å²) in [5.41, 5.74) is 0. The molecule has 18 heavy (non-hydrogen) atoms. The maximum Gasteiger partial charge on any atom is 0.333 e. The van der Waals surface area contributed by atoms with Gasteiger partial charge in [-0.15, -0.1) is 0 Å². The number of hydrogen-bond donors (Lipinski definition) is 1. The summed E-state index contributed by atoms with van der Waals surface area (Å²) >= 11 is 6.65. The smallest absolute Gasteiger partial charge is 0.333 e. The van der Waals surface area contributed by atoms with Gasteiger partial charge >= 0.3 is 5.97 Å². The van der Waals surface area contributed by atoms with Crippen molar-refractivity contribution in [2.45, 2.75) is 13.0 Å². The van der Waals surface area contributed by atoms with Crippen molar-refractivity contribution in [1.82, 2.24) is 0 Å². The maximum absolute atomic E-state index is 11.2. The number of ether oxygens (including phenoxy) is 2. The molecule has 1 N–H and O–H groups in total. The van der Waals surface area contributed by atoms with Crippen molar-refractivity contribution in [3.63, 3.8) is 0 Å². The van der Waals surface area contributed by atoms with Gasteiger partial charge in [-0.2, -0.15) is 0 Å². The van der Waals surface area contributed by atoms with Gasteiger partial charge in [0.2, 0.25) is 0 Å². The summed E-state index contributed by atoms with van der Waals surface area (Å²) in [6, 6.07) is 5.40. The van der Waals surface area contributed by atoms with Gasteiger partial charge in [-0.1, -0.05) is 15.9 Å². The third-order valence-corrected chi connectivity index (χ3v) is 2.87. The monoisotopic (exact) mass is 378 g/mol. The van der Waals surface area contributed by atoms with Crippen LogP contribution in [0.4, 0.5) is 0 Å². The first-order valence-electron chi connectivity index (χ1n) is 5.12. The van der Waals surface area contributed by atoms with Gasteiger partial charge in [0.05, 0.1) is 22.9 Å². The minimum absolute atomic E-state index is 0.0366. The fraction of sp³-hybridized carbons (Fsp3) is 0.250. The molecule has 1 aromatic carbocycles. The molecule has 0 fully saturated rings. The van der Waals surface area contributed by atoms with Crippen LogP contribution in [0.15, 0.2) is 39.5 Å². The average Bonchev–Trinajstić information content (AvgIpc) is 2.29. The molecular formula is C12H12Br2O4. The molecule has 0 saturated heterocycles. The van der Waals surface area contributed by atoms with E-state index in [0.717, 1.165) is 15.0 Å². The van der Waals surface area contributed by atoms with Crippen molar-refractivity contribution in [3.8, 4) is 5.75 Å². The Kier molecular flexibility index (Phi) is 6.38. The number of rotatable bonds is 5. The minimum atomic E-state index is -0.677. The first kappa shape index (κ1) is 15.2. The van der Waals surface area contributed by atoms with Gasteiger partial charge in [0.15, 0.2) is 0 Å². The first-order chi connectivity index (χ1) is 8.49. The van der Waals surface area contributed by atoms with Gasteiger partial charge in [0.1, 0.15) is 12.4 Å². The van der Waals surface area contributed by atoms with Crippen molar-refractivity contribution in [2.75, 3.05) is 6.61 Å². The molecule has 0 bridgehead atoms. The summed E-state index contributed by atoms with van der Waals surface area (Å²) in [6.07, 6.45) is 1.71. The summed E-state index contributed by atoms with van der Waals surface area (Å²) in [6.45, 7) is 1.50. The summed E-state index contributed by atoms with van der Waals surface area (Å²) in [5.74, 6) is 0.0157. The van der Waals surface area contributed by atoms with Crippen LogP contribution in [-0.4, -0.2) is 23.8 Å². The van der Waals surface area contributed by atoms with Gasteiger partial charge in [-0.05, 0) is 41.1 Å². The Morgan fingerprint density at radius 1 is 1.50 bits per heavy atom. The number of halogens is 2. The number of aliphatic hydroxyl groups excluding tert-OH is 1. The van der Waals surface area contributed by atoms with E-state index < -0.39 is 12.1 Å². The van der Waals surface area contributed by atoms with E-state index in [-0.39, 0.29) is 6.61 Å². The normalized spacial score (nSPS) is 12.4. The predicted octanol–water partition coefficient (Wildman–Crippen LogP) is 3.03. The minimum Gasteiger partial charge on any atom is -0.464 e. The van der Waals surface area contributed by atoms with Gasteiger partial charge < -0.3 is 14.6 Å². The van der Waals surface area contributed by atoms with Crippen LogP contribution in [-0.2, 0) is 9.53 Å². The van der Waals surface area contributed by atoms with E-state index in [1.165, 1.54) is 13.2 Å². The van der Waals surface area contributed by atoms with Crippen LogP contribution in [0.3, 0.4) is 0 Å². The van der Waals surface area contributed by atoms with Gasteiger partial charge in [-0.25, -0.2) is 4.79 Å². The molecule has 0 heterocycles. The highest BCUT2D eigenvalue weighted by Gasteiger charge is 2.02. The molecule has 4 nitrogen and oxygen atoms in total. The largest absolute Gasteiger partial charge is 0.464 e. The average molecular weight is 380 g/mol. The number of carbonyl (C=O) groups is 1. The van der Waals surface area contributed by atoms with Crippen molar-refractivity contribution in [1.29, 1.82) is 0 Å². The van der Waals surface area contributed by atoms with E-state index >= 15 is 0 Å². The van der Waals surface area contributed by atoms with Crippen LogP contribution in [0.25, 0.3) is 0 Å². The Morgan fingerprint density at radius 3 is 2.83 bits per heavy atom. The third kappa shape index (κ3) is 5.66. The fourth-order valence-corrected chi connectivity index (χ4v) is 2.13. The lowest BCUT2D eigenvalue weighted by Crippen LogP contribution is -2.13. The lowest BCUT2D eigenvalue weighted by Gasteiger charge is -2.04. The molecule has 0 aromatic heterocycles. The van der Waals surface area contributed by atoms with Crippen LogP contribution in [0.5, 0.6) is 5.75 Å². The quantitative estimate of drug-likeness (QED) is 0.485. The van der Waals surface area contributed by atoms with Crippen LogP contribution < -0.4 is 4.74 Å². The Labute approximate surface area is 122 Å². The van der Waals surface area contributed by atoms with Gasteiger partial charge in [0.25, 0.3) is 0 Å². The highest BCUT2D eigenvalue weighted by Crippen LogP contribution is 2.28. The molecule has 1 unspecified atom stereocenters. The van der Waals surface area contributed by atoms with E-state index in [0.29, 0.717) is 5.75 Å². The topological polar surface area (TPSA) is 55.8 Å². The van der Waals surface area contributed by atoms with Gasteiger partial charge in [-0.3, -0.25) is 0 Å². The summed E-state index contributed by atoms with van der Waals surface area (Å²) in [5, 5.41) is 8.92. The SMILES string of the molecule is CC(O)COC(=O)/C=C/Oc1ccc(Br)cc1Br. The highest BCUT2D eigenvalue weighted by molar-refractivity contribution is 9.11. The maximum atomic E-state index is 11.2. The lowest BCUT2D eigenvalue weighted by atomic mass is 10.3. The summed E-state index contributed by atoms with van der Waals surface area (Å²) < 4.78 is 11.7. The highest BCUT2D eigenvalue weighted by atomic mass is 79.9. The van der Waals surface area contributed by atoms with Crippen molar-refractivity contribution in [3.05, 3.63) is 39.5 Å². The fourth-order valence-electron chi connectivity index (χ4n) is 0.985. The second kappa shape index (κ2) is 7.56. The zero-order chi connectivity index (χ0) is 13.5. The van der Waals surface area contributed by atoms with E-state index in [4.69, 9.17) is 14.6 Å². The van der Waals surface area contributed by atoms with Crippen molar-refractivity contribution >= 4 is 37.8 Å². The summed E-state index contributed by atoms with van der Waals surface area (Å²) in [4.78, 5) is 11.2. The zero-order valence-electron chi connectivity index (χ0n) is 9.60. The lowest BCUT2D eigenvalue weighted by molar-refractivity contribution is -0.140. The molecule has 1 atom stereocenters. The number of benzene rings is 1. The molecule has 0 saturated carbocycles. The summed E-state index contributed by atoms with van der Waals surface area (Å²) in [7, 11) is 0. The third-order valence-electron chi connectivity index (χ3n) is 1.76. The molecule has 1 aromatic rings. The number of hydrogen-bond acceptors (Lipinski definition) is 4. The number of esters is 1. The van der Waals surface area contributed by atoms with Crippen molar-refractivity contribution < 1.29 is 19.4 Å². The first-order valence-corrected chi connectivity index (χ1v) is 6.70. The van der Waals surface area contributed by atoms with Crippen LogP contribution in [0.1, 0.15) is 6.92 Å². The molecule has 0 aliphatic heterocycles. The van der Waals surface area contributed by atoms with Crippen LogP contribution in [0, 0.1) is 0 Å². The molecular weight excluding hydrogens is 368 g/mol. The molecule has 0 amide bonds. The van der Waals surface area contributed by atoms with Crippen molar-refractivity contribution in [2.24, 2.45) is 0 Å². The molecule has 0 spiro atoms. The number of aliphatic hydroxyl groups is 1. The predicted molar refractivity (Wildman–Crippen MR) is 74.2 cm³/mol. The Bertz CT molecular complexity index is 444. The Morgan fingerprint density at radius 2 is 2.22 bits per heavy atom. The number of carbonyl (C=O) groups excluding carboxylic acids is 1. The van der Waals surface area contributed by atoms with E-state index in [1.54, 1.807) is 6.07 Å². The van der Waals surface area contributed by atoms with E-state index in [9.17, 15) is 4.79 Å². The molecule has 98 valence electrons.